The van der Waals surface area contributed by atoms with Gasteiger partial charge in [-0.1, -0.05) is 41.6 Å². The van der Waals surface area contributed by atoms with Crippen LogP contribution in [0.4, 0.5) is 5.69 Å². The van der Waals surface area contributed by atoms with E-state index in [1.54, 1.807) is 30.3 Å². The van der Waals surface area contributed by atoms with Crippen LogP contribution in [0.3, 0.4) is 0 Å². The summed E-state index contributed by atoms with van der Waals surface area (Å²) in [5.74, 6) is 1.05. The zero-order valence-corrected chi connectivity index (χ0v) is 18.0. The number of nitrogens with one attached hydrogen (secondary N) is 1. The summed E-state index contributed by atoms with van der Waals surface area (Å²) >= 11 is 7.60. The van der Waals surface area contributed by atoms with Gasteiger partial charge in [-0.2, -0.15) is 0 Å². The molecule has 3 heterocycles. The molecule has 154 valence electrons. The Morgan fingerprint density at radius 1 is 1.17 bits per heavy atom. The molecule has 1 saturated heterocycles. The van der Waals surface area contributed by atoms with Gasteiger partial charge in [-0.3, -0.25) is 9.79 Å². The Balaban J connectivity index is 1.46. The number of halogens is 1. The van der Waals surface area contributed by atoms with Crippen LogP contribution in [-0.4, -0.2) is 47.1 Å². The third-order valence-electron chi connectivity index (χ3n) is 5.19. The van der Waals surface area contributed by atoms with Crippen LogP contribution in [-0.2, 0) is 15.6 Å². The highest BCUT2D eigenvalue weighted by atomic mass is 35.5. The number of amidine groups is 1. The number of aromatic amines is 1. The Morgan fingerprint density at radius 2 is 2.00 bits per heavy atom. The molecule has 2 aliphatic heterocycles. The summed E-state index contributed by atoms with van der Waals surface area (Å²) in [4.78, 5) is 26.3. The first-order valence-electron chi connectivity index (χ1n) is 9.33. The molecular weight excluding hydrogens is 444 g/mol. The molecule has 1 fully saturated rings. The number of sulfone groups is 1. The van der Waals surface area contributed by atoms with Crippen molar-refractivity contribution in [3.05, 3.63) is 69.7 Å². The van der Waals surface area contributed by atoms with Gasteiger partial charge < -0.3 is 9.88 Å². The summed E-state index contributed by atoms with van der Waals surface area (Å²) in [5, 5.41) is 1.82. The highest BCUT2D eigenvalue weighted by Gasteiger charge is 2.47. The average Bonchev–Trinajstić information content (AvgIpc) is 3.17. The van der Waals surface area contributed by atoms with Crippen LogP contribution in [0.15, 0.2) is 58.3 Å². The van der Waals surface area contributed by atoms with Gasteiger partial charge >= 0.3 is 0 Å². The van der Waals surface area contributed by atoms with Crippen molar-refractivity contribution in [1.29, 1.82) is 0 Å². The standard InChI is InChI=1S/C20H17ClN4O3S2/c21-12-4-3-5-13(8-12)25-17-11-30(27,28)10-16(17)23-20(25)29-9-18-22-15-7-2-1-6-14(15)19(26)24-18/h1-8,16-17H,9-11H2,(H,22,24,26)/t16-,17-/m0/s1. The van der Waals surface area contributed by atoms with Crippen LogP contribution < -0.4 is 10.5 Å². The quantitative estimate of drug-likeness (QED) is 0.645. The molecule has 1 aromatic heterocycles. The van der Waals surface area contributed by atoms with Gasteiger partial charge in [0.25, 0.3) is 5.56 Å². The second-order valence-corrected chi connectivity index (χ2v) is 10.8. The molecule has 0 spiro atoms. The molecular formula is C20H17ClN4O3S2. The van der Waals surface area contributed by atoms with Crippen LogP contribution in [0.2, 0.25) is 5.02 Å². The summed E-state index contributed by atoms with van der Waals surface area (Å²) in [6.07, 6.45) is 0. The van der Waals surface area contributed by atoms with Gasteiger partial charge in [0.15, 0.2) is 15.0 Å². The summed E-state index contributed by atoms with van der Waals surface area (Å²) in [5.41, 5.74) is 1.26. The molecule has 2 atom stereocenters. The molecule has 0 amide bonds. The Kier molecular flexibility index (Phi) is 4.83. The van der Waals surface area contributed by atoms with E-state index in [-0.39, 0.29) is 29.1 Å². The monoisotopic (exact) mass is 460 g/mol. The molecule has 2 aromatic carbocycles. The SMILES string of the molecule is O=c1[nH]c(CSC2=N[C@H]3CS(=O)(=O)C[C@@H]3N2c2cccc(Cl)c2)nc2ccccc12. The van der Waals surface area contributed by atoms with Gasteiger partial charge in [0.1, 0.15) is 5.82 Å². The highest BCUT2D eigenvalue weighted by molar-refractivity contribution is 8.13. The largest absolute Gasteiger partial charge is 0.315 e. The average molecular weight is 461 g/mol. The topological polar surface area (TPSA) is 95.5 Å². The molecule has 0 radical (unpaired) electrons. The minimum absolute atomic E-state index is 0.0455. The van der Waals surface area contributed by atoms with E-state index in [9.17, 15) is 13.2 Å². The van der Waals surface area contributed by atoms with Crippen LogP contribution in [0.5, 0.6) is 0 Å². The fourth-order valence-corrected chi connectivity index (χ4v) is 6.92. The second-order valence-electron chi connectivity index (χ2n) is 7.29. The Hall–Kier alpha value is -2.36. The molecule has 10 heteroatoms. The normalized spacial score (nSPS) is 22.3. The number of nitrogens with zero attached hydrogens (tertiary/aromatic N) is 3. The molecule has 7 nitrogen and oxygen atoms in total. The maximum atomic E-state index is 12.3. The minimum atomic E-state index is -3.13. The molecule has 1 N–H and O–H groups in total. The summed E-state index contributed by atoms with van der Waals surface area (Å²) in [6, 6.07) is 13.9. The van der Waals surface area contributed by atoms with Crippen molar-refractivity contribution in [2.45, 2.75) is 17.8 Å². The van der Waals surface area contributed by atoms with E-state index >= 15 is 0 Å². The Bertz CT molecular complexity index is 1340. The molecule has 2 aliphatic rings. The van der Waals surface area contributed by atoms with Gasteiger partial charge in [-0.25, -0.2) is 13.4 Å². The minimum Gasteiger partial charge on any atom is -0.315 e. The van der Waals surface area contributed by atoms with E-state index in [1.165, 1.54) is 11.8 Å². The van der Waals surface area contributed by atoms with E-state index in [2.05, 4.69) is 9.97 Å². The van der Waals surface area contributed by atoms with Gasteiger partial charge in [-0.05, 0) is 30.3 Å². The lowest BCUT2D eigenvalue weighted by molar-refractivity contribution is 0.601. The number of aliphatic imine (C=N–C) groups is 1. The number of hydrogen-bond acceptors (Lipinski definition) is 7. The number of fused-ring (bicyclic) bond motifs is 2. The van der Waals surface area contributed by atoms with Gasteiger partial charge in [0, 0.05) is 10.7 Å². The van der Waals surface area contributed by atoms with Crippen molar-refractivity contribution in [1.82, 2.24) is 9.97 Å². The summed E-state index contributed by atoms with van der Waals surface area (Å²) in [7, 11) is -3.13. The highest BCUT2D eigenvalue weighted by Crippen LogP contribution is 2.36. The van der Waals surface area contributed by atoms with E-state index in [1.807, 2.05) is 23.1 Å². The summed E-state index contributed by atoms with van der Waals surface area (Å²) < 4.78 is 24.3. The molecule has 0 aliphatic carbocycles. The maximum Gasteiger partial charge on any atom is 0.258 e. The number of H-pyrrole nitrogens is 1. The van der Waals surface area contributed by atoms with Gasteiger partial charge in [0.05, 0.1) is 40.2 Å². The van der Waals surface area contributed by atoms with Crippen molar-refractivity contribution < 1.29 is 8.42 Å². The fourth-order valence-electron chi connectivity index (χ4n) is 3.90. The second kappa shape index (κ2) is 7.40. The van der Waals surface area contributed by atoms with Crippen LogP contribution in [0, 0.1) is 0 Å². The van der Waals surface area contributed by atoms with Crippen molar-refractivity contribution in [2.24, 2.45) is 4.99 Å². The first-order valence-corrected chi connectivity index (χ1v) is 12.5. The Morgan fingerprint density at radius 3 is 2.83 bits per heavy atom. The predicted molar refractivity (Wildman–Crippen MR) is 121 cm³/mol. The third-order valence-corrected chi connectivity index (χ3v) is 8.11. The first kappa shape index (κ1) is 19.6. The number of hydrogen-bond donors (Lipinski definition) is 1. The van der Waals surface area contributed by atoms with E-state index in [4.69, 9.17) is 16.6 Å². The van der Waals surface area contributed by atoms with E-state index in [0.29, 0.717) is 32.7 Å². The van der Waals surface area contributed by atoms with Crippen LogP contribution >= 0.6 is 23.4 Å². The zero-order valence-electron chi connectivity index (χ0n) is 15.7. The number of aromatic nitrogens is 2. The number of rotatable bonds is 3. The summed E-state index contributed by atoms with van der Waals surface area (Å²) in [6.45, 7) is 0. The van der Waals surface area contributed by atoms with E-state index < -0.39 is 9.84 Å². The molecule has 0 saturated carbocycles. The smallest absolute Gasteiger partial charge is 0.258 e. The van der Waals surface area contributed by atoms with Crippen LogP contribution in [0.1, 0.15) is 5.82 Å². The van der Waals surface area contributed by atoms with Gasteiger partial charge in [-0.15, -0.1) is 0 Å². The molecule has 5 rings (SSSR count). The first-order chi connectivity index (χ1) is 14.4. The fraction of sp³-hybridized carbons (Fsp3) is 0.250. The maximum absolute atomic E-state index is 12.3. The van der Waals surface area contributed by atoms with Crippen molar-refractivity contribution in [3.8, 4) is 0 Å². The van der Waals surface area contributed by atoms with Crippen molar-refractivity contribution in [2.75, 3.05) is 16.4 Å². The molecule has 0 bridgehead atoms. The van der Waals surface area contributed by atoms with Crippen molar-refractivity contribution >= 4 is 55.0 Å². The van der Waals surface area contributed by atoms with Crippen LogP contribution in [0.25, 0.3) is 10.9 Å². The number of anilines is 1. The predicted octanol–water partition coefficient (Wildman–Crippen LogP) is 2.85. The number of thioether (sulfide) groups is 1. The molecule has 3 aromatic rings. The Labute approximate surface area is 182 Å². The van der Waals surface area contributed by atoms with Gasteiger partial charge in [0.2, 0.25) is 0 Å². The van der Waals surface area contributed by atoms with Crippen molar-refractivity contribution in [3.63, 3.8) is 0 Å². The zero-order chi connectivity index (χ0) is 20.9. The molecule has 0 unspecified atom stereocenters. The third kappa shape index (κ3) is 3.61. The lowest BCUT2D eigenvalue weighted by atomic mass is 10.1. The molecule has 30 heavy (non-hydrogen) atoms. The lowest BCUT2D eigenvalue weighted by Gasteiger charge is -2.26. The van der Waals surface area contributed by atoms with E-state index in [0.717, 1.165) is 5.69 Å². The lowest BCUT2D eigenvalue weighted by Crippen LogP contribution is -2.39. The number of benzene rings is 2. The number of para-hydroxylation sites is 1.